The third-order valence-corrected chi connectivity index (χ3v) is 6.64. The van der Waals surface area contributed by atoms with E-state index in [4.69, 9.17) is 4.74 Å². The van der Waals surface area contributed by atoms with Crippen LogP contribution in [0, 0.1) is 5.92 Å². The van der Waals surface area contributed by atoms with E-state index >= 15 is 0 Å². The Labute approximate surface area is 198 Å². The number of carbonyl (C=O) groups is 2. The van der Waals surface area contributed by atoms with Crippen molar-refractivity contribution in [1.29, 1.82) is 0 Å². The monoisotopic (exact) mass is 460 g/mol. The lowest BCUT2D eigenvalue weighted by Crippen LogP contribution is -2.30. The van der Waals surface area contributed by atoms with E-state index < -0.39 is 6.10 Å². The first kappa shape index (κ1) is 22.3. The number of likely N-dealkylation sites (tertiary alicyclic amines) is 2. The molecular formula is C26H28N4O4. The van der Waals surface area contributed by atoms with Crippen LogP contribution in [-0.2, 0) is 11.2 Å². The van der Waals surface area contributed by atoms with Gasteiger partial charge in [0.15, 0.2) is 0 Å². The SMILES string of the molecule is O=C1CCCN1CCOc1cccc(C(=O)N2C[C@@H](Cc3ccnc4cccnc34)[C@@H](O)C2)c1. The van der Waals surface area contributed by atoms with Crippen molar-refractivity contribution >= 4 is 22.8 Å². The molecule has 0 saturated carbocycles. The number of aliphatic hydroxyl groups excluding tert-OH is 1. The summed E-state index contributed by atoms with van der Waals surface area (Å²) in [6.45, 7) is 2.49. The number of aliphatic hydroxyl groups is 1. The number of hydrogen-bond donors (Lipinski definition) is 1. The van der Waals surface area contributed by atoms with E-state index in [1.54, 1.807) is 35.5 Å². The Morgan fingerprint density at radius 2 is 2.03 bits per heavy atom. The molecule has 34 heavy (non-hydrogen) atoms. The van der Waals surface area contributed by atoms with Crippen molar-refractivity contribution in [2.45, 2.75) is 25.4 Å². The summed E-state index contributed by atoms with van der Waals surface area (Å²) in [5.41, 5.74) is 3.21. The quantitative estimate of drug-likeness (QED) is 0.581. The van der Waals surface area contributed by atoms with E-state index in [0.717, 1.165) is 29.6 Å². The summed E-state index contributed by atoms with van der Waals surface area (Å²) in [6.07, 6.45) is 5.04. The van der Waals surface area contributed by atoms with E-state index in [1.807, 2.05) is 29.2 Å². The maximum atomic E-state index is 13.2. The molecule has 8 nitrogen and oxygen atoms in total. The molecule has 176 valence electrons. The van der Waals surface area contributed by atoms with Gasteiger partial charge in [0.25, 0.3) is 5.91 Å². The van der Waals surface area contributed by atoms with Crippen LogP contribution in [0.2, 0.25) is 0 Å². The molecule has 1 N–H and O–H groups in total. The number of ether oxygens (including phenoxy) is 1. The van der Waals surface area contributed by atoms with E-state index in [-0.39, 0.29) is 17.7 Å². The summed E-state index contributed by atoms with van der Waals surface area (Å²) >= 11 is 0. The lowest BCUT2D eigenvalue weighted by molar-refractivity contribution is -0.128. The van der Waals surface area contributed by atoms with Crippen LogP contribution >= 0.6 is 0 Å². The minimum absolute atomic E-state index is 0.0750. The van der Waals surface area contributed by atoms with Gasteiger partial charge in [0.2, 0.25) is 5.91 Å². The summed E-state index contributed by atoms with van der Waals surface area (Å²) in [5.74, 6) is 0.571. The van der Waals surface area contributed by atoms with Gasteiger partial charge in [-0.2, -0.15) is 0 Å². The zero-order chi connectivity index (χ0) is 23.5. The zero-order valence-corrected chi connectivity index (χ0v) is 19.0. The molecule has 3 aromatic rings. The van der Waals surface area contributed by atoms with Gasteiger partial charge in [0, 0.05) is 49.9 Å². The summed E-state index contributed by atoms with van der Waals surface area (Å²) < 4.78 is 5.81. The number of aromatic nitrogens is 2. The third-order valence-electron chi connectivity index (χ3n) is 6.64. The van der Waals surface area contributed by atoms with Gasteiger partial charge in [-0.15, -0.1) is 0 Å². The summed E-state index contributed by atoms with van der Waals surface area (Å²) in [6, 6.07) is 12.8. The molecule has 2 aliphatic heterocycles. The first-order valence-electron chi connectivity index (χ1n) is 11.7. The summed E-state index contributed by atoms with van der Waals surface area (Å²) in [7, 11) is 0. The number of pyridine rings is 2. The Hall–Kier alpha value is -3.52. The van der Waals surface area contributed by atoms with Crippen molar-refractivity contribution in [3.8, 4) is 5.75 Å². The predicted molar refractivity (Wildman–Crippen MR) is 126 cm³/mol. The van der Waals surface area contributed by atoms with Crippen LogP contribution in [0.5, 0.6) is 5.75 Å². The lowest BCUT2D eigenvalue weighted by Gasteiger charge is -2.18. The lowest BCUT2D eigenvalue weighted by atomic mass is 9.96. The number of hydrogen-bond acceptors (Lipinski definition) is 6. The van der Waals surface area contributed by atoms with Crippen molar-refractivity contribution in [3.05, 3.63) is 66.0 Å². The van der Waals surface area contributed by atoms with Crippen LogP contribution in [0.1, 0.15) is 28.8 Å². The van der Waals surface area contributed by atoms with Crippen molar-refractivity contribution in [2.75, 3.05) is 32.8 Å². The normalized spacial score (nSPS) is 20.3. The van der Waals surface area contributed by atoms with E-state index in [9.17, 15) is 14.7 Å². The highest BCUT2D eigenvalue weighted by molar-refractivity contribution is 5.94. The molecule has 2 aliphatic rings. The topological polar surface area (TPSA) is 95.9 Å². The molecular weight excluding hydrogens is 432 g/mol. The number of carbonyl (C=O) groups excluding carboxylic acids is 2. The van der Waals surface area contributed by atoms with Gasteiger partial charge in [-0.05, 0) is 54.8 Å². The smallest absolute Gasteiger partial charge is 0.254 e. The fourth-order valence-electron chi connectivity index (χ4n) is 4.82. The molecule has 2 aromatic heterocycles. The van der Waals surface area contributed by atoms with Gasteiger partial charge in [0.1, 0.15) is 12.4 Å². The van der Waals surface area contributed by atoms with Crippen LogP contribution in [0.15, 0.2) is 54.9 Å². The van der Waals surface area contributed by atoms with E-state index in [1.165, 1.54) is 0 Å². The molecule has 2 fully saturated rings. The molecule has 8 heteroatoms. The second-order valence-electron chi connectivity index (χ2n) is 8.94. The molecule has 2 atom stereocenters. The molecule has 4 heterocycles. The van der Waals surface area contributed by atoms with Crippen molar-refractivity contribution in [1.82, 2.24) is 19.8 Å². The highest BCUT2D eigenvalue weighted by Gasteiger charge is 2.34. The molecule has 0 radical (unpaired) electrons. The predicted octanol–water partition coefficient (Wildman–Crippen LogP) is 2.31. The van der Waals surface area contributed by atoms with Gasteiger partial charge in [-0.1, -0.05) is 6.07 Å². The molecule has 1 aromatic carbocycles. The number of nitrogens with zero attached hydrogens (tertiary/aromatic N) is 4. The minimum Gasteiger partial charge on any atom is -0.492 e. The van der Waals surface area contributed by atoms with Gasteiger partial charge in [0.05, 0.1) is 23.7 Å². The average molecular weight is 461 g/mol. The van der Waals surface area contributed by atoms with Crippen molar-refractivity contribution in [3.63, 3.8) is 0 Å². The fourth-order valence-corrected chi connectivity index (χ4v) is 4.82. The number of benzene rings is 1. The molecule has 2 saturated heterocycles. The molecule has 5 rings (SSSR count). The first-order chi connectivity index (χ1) is 16.6. The van der Waals surface area contributed by atoms with Crippen LogP contribution in [0.4, 0.5) is 0 Å². The summed E-state index contributed by atoms with van der Waals surface area (Å²) in [4.78, 5) is 37.2. The number of fused-ring (bicyclic) bond motifs is 1. The van der Waals surface area contributed by atoms with Crippen molar-refractivity contribution in [2.24, 2.45) is 5.92 Å². The second-order valence-corrected chi connectivity index (χ2v) is 8.94. The first-order valence-corrected chi connectivity index (χ1v) is 11.7. The standard InChI is InChI=1S/C26H28N4O4/c31-23-17-30(16-20(23)14-18-8-10-27-22-6-2-9-28-25(18)22)26(33)19-4-1-5-21(15-19)34-13-12-29-11-3-7-24(29)32/h1-2,4-6,8-10,15,20,23,31H,3,7,11-14,16-17H2/t20-,23+/m1/s1. The average Bonchev–Trinajstić information content (AvgIpc) is 3.44. The maximum Gasteiger partial charge on any atom is 0.254 e. The van der Waals surface area contributed by atoms with Crippen LogP contribution in [0.25, 0.3) is 11.0 Å². The number of β-amino-alcohol motifs (C(OH)–C–C–N with tert-alkyl or cyclic N) is 1. The highest BCUT2D eigenvalue weighted by atomic mass is 16.5. The van der Waals surface area contributed by atoms with E-state index in [2.05, 4.69) is 9.97 Å². The molecule has 2 amide bonds. The molecule has 0 bridgehead atoms. The van der Waals surface area contributed by atoms with Crippen LogP contribution < -0.4 is 4.74 Å². The fraction of sp³-hybridized carbons (Fsp3) is 0.385. The number of rotatable bonds is 7. The highest BCUT2D eigenvalue weighted by Crippen LogP contribution is 2.26. The Bertz CT molecular complexity index is 1190. The Kier molecular flexibility index (Phi) is 6.40. The molecule has 0 spiro atoms. The van der Waals surface area contributed by atoms with Crippen molar-refractivity contribution < 1.29 is 19.4 Å². The van der Waals surface area contributed by atoms with E-state index in [0.29, 0.717) is 50.4 Å². The van der Waals surface area contributed by atoms with Gasteiger partial charge in [-0.25, -0.2) is 0 Å². The van der Waals surface area contributed by atoms with Gasteiger partial charge >= 0.3 is 0 Å². The van der Waals surface area contributed by atoms with Gasteiger partial charge < -0.3 is 19.6 Å². The van der Waals surface area contributed by atoms with Crippen LogP contribution in [0.3, 0.4) is 0 Å². The third kappa shape index (κ3) is 4.72. The molecule has 0 unspecified atom stereocenters. The minimum atomic E-state index is -0.603. The second kappa shape index (κ2) is 9.77. The Balaban J connectivity index is 1.21. The maximum absolute atomic E-state index is 13.2. The number of amides is 2. The Morgan fingerprint density at radius 1 is 1.12 bits per heavy atom. The summed E-state index contributed by atoms with van der Waals surface area (Å²) in [5, 5.41) is 10.7. The van der Waals surface area contributed by atoms with Crippen LogP contribution in [-0.4, -0.2) is 75.6 Å². The largest absolute Gasteiger partial charge is 0.492 e. The molecule has 0 aliphatic carbocycles. The Morgan fingerprint density at radius 3 is 2.88 bits per heavy atom. The zero-order valence-electron chi connectivity index (χ0n) is 19.0. The van der Waals surface area contributed by atoms with Gasteiger partial charge in [-0.3, -0.25) is 19.6 Å².